The maximum atomic E-state index is 6.26. The molecule has 0 amide bonds. The van der Waals surface area contributed by atoms with E-state index in [4.69, 9.17) is 4.74 Å². The molecule has 0 atom stereocenters. The predicted molar refractivity (Wildman–Crippen MR) is 77.5 cm³/mol. The highest BCUT2D eigenvalue weighted by Crippen LogP contribution is 2.39. The van der Waals surface area contributed by atoms with Gasteiger partial charge in [0.25, 0.3) is 0 Å². The Bertz CT molecular complexity index is 427. The van der Waals surface area contributed by atoms with Gasteiger partial charge in [0.1, 0.15) is 5.60 Å². The molecule has 1 saturated carbocycles. The molecule has 1 aromatic heterocycles. The molecule has 0 unspecified atom stereocenters. The van der Waals surface area contributed by atoms with Crippen LogP contribution in [0.1, 0.15) is 52.1 Å². The van der Waals surface area contributed by atoms with Crippen LogP contribution in [-0.2, 0) is 7.05 Å². The first-order chi connectivity index (χ1) is 8.80. The third-order valence-electron chi connectivity index (χ3n) is 3.78. The third-order valence-corrected chi connectivity index (χ3v) is 3.78. The van der Waals surface area contributed by atoms with Crippen LogP contribution in [0.3, 0.4) is 0 Å². The highest BCUT2D eigenvalue weighted by atomic mass is 16.5. The van der Waals surface area contributed by atoms with E-state index < -0.39 is 0 Å². The van der Waals surface area contributed by atoms with E-state index in [2.05, 4.69) is 31.2 Å². The molecule has 0 aromatic carbocycles. The molecule has 0 aliphatic heterocycles. The summed E-state index contributed by atoms with van der Waals surface area (Å²) in [7, 11) is 1.95. The van der Waals surface area contributed by atoms with Gasteiger partial charge in [-0.2, -0.15) is 5.10 Å². The predicted octanol–water partition coefficient (Wildman–Crippen LogP) is 2.81. The molecule has 1 aromatic rings. The van der Waals surface area contributed by atoms with Crippen molar-refractivity contribution in [1.29, 1.82) is 0 Å². The lowest BCUT2D eigenvalue weighted by Gasteiger charge is -2.42. The third kappa shape index (κ3) is 3.72. The number of nitrogens with one attached hydrogen (secondary N) is 1. The van der Waals surface area contributed by atoms with E-state index >= 15 is 0 Å². The van der Waals surface area contributed by atoms with Crippen molar-refractivity contribution in [2.75, 3.05) is 6.54 Å². The smallest absolute Gasteiger partial charge is 0.212 e. The molecular formula is C15H27N3O. The van der Waals surface area contributed by atoms with Gasteiger partial charge in [0.2, 0.25) is 5.88 Å². The average molecular weight is 265 g/mol. The quantitative estimate of drug-likeness (QED) is 0.890. The van der Waals surface area contributed by atoms with E-state index in [-0.39, 0.29) is 11.1 Å². The minimum Gasteiger partial charge on any atom is -0.471 e. The van der Waals surface area contributed by atoms with Crippen LogP contribution in [0.25, 0.3) is 0 Å². The summed E-state index contributed by atoms with van der Waals surface area (Å²) in [6.45, 7) is 9.60. The average Bonchev–Trinajstić information content (AvgIpc) is 2.51. The second-order valence-electron chi connectivity index (χ2n) is 6.81. The lowest BCUT2D eigenvalue weighted by molar-refractivity contribution is -0.0219. The summed E-state index contributed by atoms with van der Waals surface area (Å²) in [5, 5.41) is 7.90. The highest BCUT2D eigenvalue weighted by Gasteiger charge is 2.39. The molecule has 19 heavy (non-hydrogen) atoms. The Morgan fingerprint density at radius 3 is 2.53 bits per heavy atom. The maximum Gasteiger partial charge on any atom is 0.212 e. The Kier molecular flexibility index (Phi) is 3.90. The summed E-state index contributed by atoms with van der Waals surface area (Å²) in [6.07, 6.45) is 4.65. The molecule has 1 fully saturated rings. The Balaban J connectivity index is 1.93. The van der Waals surface area contributed by atoms with E-state index in [1.165, 1.54) is 6.42 Å². The standard InChI is InChI=1S/C15H27N3O/c1-12-11-13(18(5)17-12)19-15(7-6-8-15)9-10-16-14(2,3)4/h11,16H,6-10H2,1-5H3. The second kappa shape index (κ2) is 5.16. The molecule has 1 aliphatic rings. The molecule has 0 spiro atoms. The van der Waals surface area contributed by atoms with Gasteiger partial charge in [-0.05, 0) is 59.9 Å². The SMILES string of the molecule is Cc1cc(OC2(CCNC(C)(C)C)CCC2)n(C)n1. The zero-order chi connectivity index (χ0) is 14.1. The first-order valence-electron chi connectivity index (χ1n) is 7.24. The summed E-state index contributed by atoms with van der Waals surface area (Å²) in [5.74, 6) is 0.896. The molecule has 1 heterocycles. The van der Waals surface area contributed by atoms with Crippen molar-refractivity contribution in [3.05, 3.63) is 11.8 Å². The molecule has 4 nitrogen and oxygen atoms in total. The van der Waals surface area contributed by atoms with Crippen LogP contribution in [0.5, 0.6) is 5.88 Å². The van der Waals surface area contributed by atoms with Crippen LogP contribution in [-0.4, -0.2) is 27.5 Å². The summed E-state index contributed by atoms with van der Waals surface area (Å²) in [6, 6.07) is 2.03. The first kappa shape index (κ1) is 14.4. The number of aromatic nitrogens is 2. The number of ether oxygens (including phenoxy) is 1. The molecule has 0 saturated heterocycles. The lowest BCUT2D eigenvalue weighted by atomic mass is 9.77. The van der Waals surface area contributed by atoms with Gasteiger partial charge in [0.05, 0.1) is 5.69 Å². The van der Waals surface area contributed by atoms with Gasteiger partial charge < -0.3 is 10.1 Å². The monoisotopic (exact) mass is 265 g/mol. The summed E-state index contributed by atoms with van der Waals surface area (Å²) in [4.78, 5) is 0. The minimum absolute atomic E-state index is 0.0263. The van der Waals surface area contributed by atoms with E-state index in [1.54, 1.807) is 0 Å². The summed E-state index contributed by atoms with van der Waals surface area (Å²) < 4.78 is 8.10. The number of hydrogen-bond acceptors (Lipinski definition) is 3. The van der Waals surface area contributed by atoms with Crippen LogP contribution in [0, 0.1) is 6.92 Å². The van der Waals surface area contributed by atoms with Crippen LogP contribution < -0.4 is 10.1 Å². The topological polar surface area (TPSA) is 39.1 Å². The van der Waals surface area contributed by atoms with Crippen molar-refractivity contribution < 1.29 is 4.74 Å². The molecule has 2 rings (SSSR count). The van der Waals surface area contributed by atoms with Gasteiger partial charge in [-0.1, -0.05) is 0 Å². The van der Waals surface area contributed by atoms with Crippen molar-refractivity contribution in [2.45, 2.75) is 64.5 Å². The van der Waals surface area contributed by atoms with Crippen molar-refractivity contribution in [3.63, 3.8) is 0 Å². The zero-order valence-electron chi connectivity index (χ0n) is 12.9. The van der Waals surface area contributed by atoms with E-state index in [0.29, 0.717) is 0 Å². The van der Waals surface area contributed by atoms with Crippen molar-refractivity contribution >= 4 is 0 Å². The molecule has 1 aliphatic carbocycles. The Labute approximate surface area is 116 Å². The van der Waals surface area contributed by atoms with Gasteiger partial charge in [0.15, 0.2) is 0 Å². The molecule has 108 valence electrons. The first-order valence-corrected chi connectivity index (χ1v) is 7.24. The van der Waals surface area contributed by atoms with Crippen molar-refractivity contribution in [2.24, 2.45) is 7.05 Å². The fourth-order valence-electron chi connectivity index (χ4n) is 2.54. The van der Waals surface area contributed by atoms with Crippen molar-refractivity contribution in [1.82, 2.24) is 15.1 Å². The van der Waals surface area contributed by atoms with Crippen LogP contribution in [0.4, 0.5) is 0 Å². The fourth-order valence-corrected chi connectivity index (χ4v) is 2.54. The van der Waals surface area contributed by atoms with E-state index in [9.17, 15) is 0 Å². The van der Waals surface area contributed by atoms with Gasteiger partial charge in [-0.25, -0.2) is 4.68 Å². The fraction of sp³-hybridized carbons (Fsp3) is 0.800. The normalized spacial score (nSPS) is 18.2. The van der Waals surface area contributed by atoms with Crippen LogP contribution >= 0.6 is 0 Å². The Morgan fingerprint density at radius 1 is 1.42 bits per heavy atom. The zero-order valence-corrected chi connectivity index (χ0v) is 12.9. The summed E-state index contributed by atoms with van der Waals surface area (Å²) >= 11 is 0. The van der Waals surface area contributed by atoms with Crippen LogP contribution in [0.15, 0.2) is 6.07 Å². The molecule has 1 N–H and O–H groups in total. The van der Waals surface area contributed by atoms with Gasteiger partial charge in [-0.15, -0.1) is 0 Å². The maximum absolute atomic E-state index is 6.26. The number of rotatable bonds is 5. The van der Waals surface area contributed by atoms with Crippen molar-refractivity contribution in [3.8, 4) is 5.88 Å². The summed E-state index contributed by atoms with van der Waals surface area (Å²) in [5.41, 5.74) is 1.21. The molecular weight excluding hydrogens is 238 g/mol. The highest BCUT2D eigenvalue weighted by molar-refractivity contribution is 5.16. The number of nitrogens with zero attached hydrogens (tertiary/aromatic N) is 2. The second-order valence-corrected chi connectivity index (χ2v) is 6.81. The van der Waals surface area contributed by atoms with Gasteiger partial charge >= 0.3 is 0 Å². The van der Waals surface area contributed by atoms with E-state index in [0.717, 1.165) is 37.4 Å². The molecule has 0 bridgehead atoms. The minimum atomic E-state index is 0.0263. The van der Waals surface area contributed by atoms with Gasteiger partial charge in [-0.3, -0.25) is 0 Å². The number of aryl methyl sites for hydroxylation is 2. The largest absolute Gasteiger partial charge is 0.471 e. The number of hydrogen-bond donors (Lipinski definition) is 1. The van der Waals surface area contributed by atoms with Crippen LogP contribution in [0.2, 0.25) is 0 Å². The lowest BCUT2D eigenvalue weighted by Crippen LogP contribution is -2.47. The van der Waals surface area contributed by atoms with E-state index in [1.807, 2.05) is 24.7 Å². The van der Waals surface area contributed by atoms with Gasteiger partial charge in [0, 0.05) is 18.7 Å². The molecule has 0 radical (unpaired) electrons. The molecule has 4 heteroatoms. The Morgan fingerprint density at radius 2 is 2.11 bits per heavy atom. The Hall–Kier alpha value is -1.03.